The third-order valence-electron chi connectivity index (χ3n) is 2.23. The van der Waals surface area contributed by atoms with Gasteiger partial charge in [0.15, 0.2) is 0 Å². The van der Waals surface area contributed by atoms with E-state index in [1.165, 1.54) is 17.9 Å². The Morgan fingerprint density at radius 1 is 1.55 bits per heavy atom. The van der Waals surface area contributed by atoms with Crippen LogP contribution in [0.1, 0.15) is 5.69 Å². The molecule has 0 fully saturated rings. The first-order valence-corrected chi connectivity index (χ1v) is 5.96. The lowest BCUT2D eigenvalue weighted by atomic mass is 10.5. The van der Waals surface area contributed by atoms with Crippen molar-refractivity contribution in [1.82, 2.24) is 25.0 Å². The van der Waals surface area contributed by atoms with Crippen LogP contribution in [0.3, 0.4) is 0 Å². The van der Waals surface area contributed by atoms with E-state index < -0.39 is 0 Å². The molecule has 0 spiro atoms. The van der Waals surface area contributed by atoms with Crippen molar-refractivity contribution < 1.29 is 9.53 Å². The summed E-state index contributed by atoms with van der Waals surface area (Å²) in [7, 11) is 1.44. The third-order valence-corrected chi connectivity index (χ3v) is 2.43. The van der Waals surface area contributed by atoms with E-state index in [2.05, 4.69) is 25.6 Å². The maximum atomic E-state index is 11.8. The first-order valence-electron chi connectivity index (χ1n) is 5.58. The molecule has 9 nitrogen and oxygen atoms in total. The average molecular weight is 298 g/mol. The number of methoxy groups -OCH3 is 1. The molecule has 0 saturated heterocycles. The molecule has 0 aliphatic heterocycles. The number of ether oxygens (including phenoxy) is 1. The van der Waals surface area contributed by atoms with E-state index in [0.717, 1.165) is 0 Å². The molecule has 20 heavy (non-hydrogen) atoms. The number of carbonyl (C=O) groups excluding carboxylic acids is 1. The van der Waals surface area contributed by atoms with Crippen LogP contribution >= 0.6 is 11.6 Å². The fourth-order valence-electron chi connectivity index (χ4n) is 1.38. The lowest BCUT2D eigenvalue weighted by molar-refractivity contribution is -0.117. The van der Waals surface area contributed by atoms with Crippen molar-refractivity contribution in [2.45, 2.75) is 13.1 Å². The number of nitrogens with one attached hydrogen (secondary N) is 1. The predicted molar refractivity (Wildman–Crippen MR) is 70.1 cm³/mol. The Hall–Kier alpha value is -2.26. The smallest absolute Gasteiger partial charge is 0.248 e. The topological polar surface area (TPSA) is 121 Å². The van der Waals surface area contributed by atoms with Gasteiger partial charge in [-0.1, -0.05) is 16.8 Å². The fourth-order valence-corrected chi connectivity index (χ4v) is 1.55. The number of hydrogen-bond donors (Lipinski definition) is 2. The number of anilines is 1. The largest absolute Gasteiger partial charge is 0.481 e. The van der Waals surface area contributed by atoms with Crippen molar-refractivity contribution in [3.05, 3.63) is 23.1 Å². The van der Waals surface area contributed by atoms with Gasteiger partial charge in [0, 0.05) is 12.6 Å². The highest BCUT2D eigenvalue weighted by molar-refractivity contribution is 6.29. The quantitative estimate of drug-likeness (QED) is 0.735. The Morgan fingerprint density at radius 3 is 3.00 bits per heavy atom. The highest BCUT2D eigenvalue weighted by Crippen LogP contribution is 2.15. The van der Waals surface area contributed by atoms with Crippen LogP contribution in [0.25, 0.3) is 0 Å². The number of nitrogens with zero attached hydrogens (tertiary/aromatic N) is 5. The number of nitrogens with two attached hydrogens (primary N) is 1. The number of amides is 1. The van der Waals surface area contributed by atoms with Crippen LogP contribution in [0.15, 0.2) is 12.3 Å². The molecule has 0 aromatic carbocycles. The second-order valence-corrected chi connectivity index (χ2v) is 4.10. The summed E-state index contributed by atoms with van der Waals surface area (Å²) in [4.78, 5) is 19.6. The van der Waals surface area contributed by atoms with E-state index in [0.29, 0.717) is 5.69 Å². The lowest BCUT2D eigenvalue weighted by Gasteiger charge is -2.05. The molecular weight excluding hydrogens is 286 g/mol. The summed E-state index contributed by atoms with van der Waals surface area (Å²) in [5.41, 5.74) is 6.00. The molecule has 2 rings (SSSR count). The fraction of sp³-hybridized carbons (Fsp3) is 0.300. The number of rotatable bonds is 5. The first-order chi connectivity index (χ1) is 9.60. The van der Waals surface area contributed by atoms with Gasteiger partial charge in [0.25, 0.3) is 0 Å². The van der Waals surface area contributed by atoms with Crippen molar-refractivity contribution in [1.29, 1.82) is 0 Å². The molecule has 10 heteroatoms. The second-order valence-electron chi connectivity index (χ2n) is 3.72. The maximum Gasteiger partial charge on any atom is 0.248 e. The Labute approximate surface area is 119 Å². The highest BCUT2D eigenvalue weighted by atomic mass is 35.5. The summed E-state index contributed by atoms with van der Waals surface area (Å²) in [5, 5.41) is 10.2. The van der Waals surface area contributed by atoms with Gasteiger partial charge in [0.05, 0.1) is 19.0 Å². The molecule has 3 N–H and O–H groups in total. The second kappa shape index (κ2) is 6.26. The molecular formula is C10H12ClN7O2. The number of halogens is 1. The number of hydrogen-bond acceptors (Lipinski definition) is 7. The zero-order valence-electron chi connectivity index (χ0n) is 10.6. The highest BCUT2D eigenvalue weighted by Gasteiger charge is 2.09. The van der Waals surface area contributed by atoms with Gasteiger partial charge in [0.1, 0.15) is 11.7 Å². The van der Waals surface area contributed by atoms with Gasteiger partial charge >= 0.3 is 0 Å². The van der Waals surface area contributed by atoms with Crippen molar-refractivity contribution in [2.75, 3.05) is 12.4 Å². The Balaban J connectivity index is 2.02. The van der Waals surface area contributed by atoms with Crippen LogP contribution in [0.4, 0.5) is 5.95 Å². The molecule has 0 bridgehead atoms. The van der Waals surface area contributed by atoms with Crippen LogP contribution in [0, 0.1) is 0 Å². The monoisotopic (exact) mass is 297 g/mol. The van der Waals surface area contributed by atoms with Crippen LogP contribution < -0.4 is 15.8 Å². The first kappa shape index (κ1) is 14.2. The molecule has 0 aliphatic carbocycles. The molecule has 2 aromatic heterocycles. The Bertz CT molecular complexity index is 615. The van der Waals surface area contributed by atoms with Gasteiger partial charge in [-0.15, -0.1) is 5.10 Å². The molecule has 2 aromatic rings. The number of carbonyl (C=O) groups is 1. The summed E-state index contributed by atoms with van der Waals surface area (Å²) in [6.45, 7) is 0.224. The van der Waals surface area contributed by atoms with E-state index in [4.69, 9.17) is 22.1 Å². The van der Waals surface area contributed by atoms with E-state index >= 15 is 0 Å². The Kier molecular flexibility index (Phi) is 4.43. The third kappa shape index (κ3) is 3.62. The molecule has 0 aliphatic rings. The molecule has 106 valence electrons. The molecule has 0 radical (unpaired) electrons. The molecule has 0 saturated carbocycles. The SMILES string of the molecule is COc1cc(Cl)nc(NC(=O)Cn2cc(CN)nn2)n1. The molecule has 0 unspecified atom stereocenters. The summed E-state index contributed by atoms with van der Waals surface area (Å²) in [6, 6.07) is 1.43. The minimum Gasteiger partial charge on any atom is -0.481 e. The van der Waals surface area contributed by atoms with E-state index in [9.17, 15) is 4.79 Å². The zero-order chi connectivity index (χ0) is 14.5. The van der Waals surface area contributed by atoms with Crippen LogP contribution in [-0.4, -0.2) is 38.0 Å². The molecule has 0 atom stereocenters. The summed E-state index contributed by atoms with van der Waals surface area (Å²) in [6.07, 6.45) is 1.58. The van der Waals surface area contributed by atoms with Crippen LogP contribution in [0.5, 0.6) is 5.88 Å². The van der Waals surface area contributed by atoms with Gasteiger partial charge in [0.2, 0.25) is 17.7 Å². The molecule has 1 amide bonds. The van der Waals surface area contributed by atoms with Gasteiger partial charge < -0.3 is 10.5 Å². The summed E-state index contributed by atoms with van der Waals surface area (Å²) in [5.74, 6) is -0.0622. The summed E-state index contributed by atoms with van der Waals surface area (Å²) < 4.78 is 6.29. The van der Waals surface area contributed by atoms with E-state index in [1.54, 1.807) is 6.20 Å². The standard InChI is InChI=1S/C10H12ClN7O2/c1-20-9-2-7(11)13-10(15-9)14-8(19)5-18-4-6(3-12)16-17-18/h2,4H,3,5,12H2,1H3,(H,13,14,15,19). The summed E-state index contributed by atoms with van der Waals surface area (Å²) >= 11 is 5.77. The average Bonchev–Trinajstić information content (AvgIpc) is 2.85. The van der Waals surface area contributed by atoms with Crippen LogP contribution in [-0.2, 0) is 17.9 Å². The van der Waals surface area contributed by atoms with Crippen molar-refractivity contribution in [2.24, 2.45) is 5.73 Å². The minimum absolute atomic E-state index is 0.0365. The van der Waals surface area contributed by atoms with E-state index in [-0.39, 0.29) is 36.0 Å². The zero-order valence-corrected chi connectivity index (χ0v) is 11.3. The van der Waals surface area contributed by atoms with Gasteiger partial charge in [-0.2, -0.15) is 4.98 Å². The van der Waals surface area contributed by atoms with Crippen molar-refractivity contribution >= 4 is 23.5 Å². The lowest BCUT2D eigenvalue weighted by Crippen LogP contribution is -2.20. The van der Waals surface area contributed by atoms with Gasteiger partial charge in [-0.25, -0.2) is 9.67 Å². The number of aromatic nitrogens is 5. The van der Waals surface area contributed by atoms with E-state index in [1.807, 2.05) is 0 Å². The minimum atomic E-state index is -0.372. The predicted octanol–water partition coefficient (Wildman–Crippen LogP) is -0.173. The van der Waals surface area contributed by atoms with Gasteiger partial charge in [-0.05, 0) is 0 Å². The normalized spacial score (nSPS) is 10.3. The molecule has 2 heterocycles. The Morgan fingerprint density at radius 2 is 2.35 bits per heavy atom. The maximum absolute atomic E-state index is 11.8. The van der Waals surface area contributed by atoms with Crippen LogP contribution in [0.2, 0.25) is 5.15 Å². The van der Waals surface area contributed by atoms with Gasteiger partial charge in [-0.3, -0.25) is 10.1 Å². The van der Waals surface area contributed by atoms with Crippen molar-refractivity contribution in [3.8, 4) is 5.88 Å². The van der Waals surface area contributed by atoms with Crippen molar-refractivity contribution in [3.63, 3.8) is 0 Å².